The number of amides is 2. The number of primary amides is 1. The van der Waals surface area contributed by atoms with Crippen molar-refractivity contribution in [2.45, 2.75) is 12.5 Å². The minimum atomic E-state index is -0.607. The van der Waals surface area contributed by atoms with Crippen molar-refractivity contribution >= 4 is 23.3 Å². The molecule has 1 aromatic rings. The van der Waals surface area contributed by atoms with Crippen LogP contribution in [0.1, 0.15) is 16.8 Å². The lowest BCUT2D eigenvalue weighted by atomic mass is 10.2. The monoisotopic (exact) mass is 235 g/mol. The van der Waals surface area contributed by atoms with E-state index in [9.17, 15) is 9.59 Å². The van der Waals surface area contributed by atoms with Crippen molar-refractivity contribution in [1.29, 1.82) is 0 Å². The molecule has 0 aliphatic carbocycles. The van der Waals surface area contributed by atoms with E-state index in [0.29, 0.717) is 24.5 Å². The molecule has 1 aromatic heterocycles. The number of carbonyl (C=O) groups excluding carboxylic acids is 2. The molecule has 2 amide bonds. The van der Waals surface area contributed by atoms with Crippen molar-refractivity contribution in [3.8, 4) is 0 Å². The lowest BCUT2D eigenvalue weighted by Gasteiger charge is -2.13. The van der Waals surface area contributed by atoms with Crippen molar-refractivity contribution < 1.29 is 9.59 Å². The minimum absolute atomic E-state index is 0.0291. The Labute approximate surface area is 97.6 Å². The molecule has 0 saturated carbocycles. The Morgan fingerprint density at radius 2 is 2.35 bits per heavy atom. The fourth-order valence-corrected chi connectivity index (χ4v) is 1.68. The van der Waals surface area contributed by atoms with E-state index in [2.05, 4.69) is 15.6 Å². The summed E-state index contributed by atoms with van der Waals surface area (Å²) in [6.45, 7) is 0.503. The lowest BCUT2D eigenvalue weighted by Crippen LogP contribution is -2.25. The predicted octanol–water partition coefficient (Wildman–Crippen LogP) is -0.937. The SMILES string of the molecule is NC(=O)c1cc(N)cnc1NC1CNC(=O)C1. The second-order valence-electron chi connectivity index (χ2n) is 3.88. The number of nitrogen functional groups attached to an aromatic ring is 1. The highest BCUT2D eigenvalue weighted by atomic mass is 16.2. The van der Waals surface area contributed by atoms with Crippen LogP contribution in [0.15, 0.2) is 12.3 Å². The van der Waals surface area contributed by atoms with Crippen LogP contribution in [0, 0.1) is 0 Å². The highest BCUT2D eigenvalue weighted by molar-refractivity contribution is 5.98. The lowest BCUT2D eigenvalue weighted by molar-refractivity contribution is -0.119. The van der Waals surface area contributed by atoms with Gasteiger partial charge >= 0.3 is 0 Å². The van der Waals surface area contributed by atoms with Gasteiger partial charge in [0.1, 0.15) is 5.82 Å². The topological polar surface area (TPSA) is 123 Å². The summed E-state index contributed by atoms with van der Waals surface area (Å²) in [7, 11) is 0. The van der Waals surface area contributed by atoms with Crippen LogP contribution in [0.3, 0.4) is 0 Å². The summed E-state index contributed by atoms with van der Waals surface area (Å²) in [5.41, 5.74) is 11.4. The fourth-order valence-electron chi connectivity index (χ4n) is 1.68. The van der Waals surface area contributed by atoms with Gasteiger partial charge in [-0.2, -0.15) is 0 Å². The number of hydrogen-bond acceptors (Lipinski definition) is 5. The van der Waals surface area contributed by atoms with Crippen molar-refractivity contribution in [1.82, 2.24) is 10.3 Å². The maximum atomic E-state index is 11.2. The first-order chi connectivity index (χ1) is 8.06. The second-order valence-corrected chi connectivity index (χ2v) is 3.88. The highest BCUT2D eigenvalue weighted by Gasteiger charge is 2.23. The van der Waals surface area contributed by atoms with Gasteiger partial charge in [0.2, 0.25) is 5.91 Å². The Morgan fingerprint density at radius 1 is 1.59 bits per heavy atom. The molecular weight excluding hydrogens is 222 g/mol. The third-order valence-electron chi connectivity index (χ3n) is 2.49. The smallest absolute Gasteiger partial charge is 0.252 e. The molecule has 2 heterocycles. The maximum absolute atomic E-state index is 11.2. The molecule has 1 aliphatic heterocycles. The van der Waals surface area contributed by atoms with Gasteiger partial charge in [-0.1, -0.05) is 0 Å². The Kier molecular flexibility index (Phi) is 2.82. The Hall–Kier alpha value is -2.31. The van der Waals surface area contributed by atoms with Gasteiger partial charge in [-0.3, -0.25) is 9.59 Å². The summed E-state index contributed by atoms with van der Waals surface area (Å²) < 4.78 is 0. The van der Waals surface area contributed by atoms with E-state index < -0.39 is 5.91 Å². The fraction of sp³-hybridized carbons (Fsp3) is 0.300. The van der Waals surface area contributed by atoms with Crippen LogP contribution in [0.4, 0.5) is 11.5 Å². The number of nitrogens with two attached hydrogens (primary N) is 2. The Morgan fingerprint density at radius 3 is 2.94 bits per heavy atom. The van der Waals surface area contributed by atoms with Crippen LogP contribution >= 0.6 is 0 Å². The largest absolute Gasteiger partial charge is 0.397 e. The number of pyridine rings is 1. The maximum Gasteiger partial charge on any atom is 0.252 e. The molecule has 7 nitrogen and oxygen atoms in total. The van der Waals surface area contributed by atoms with Crippen LogP contribution < -0.4 is 22.1 Å². The van der Waals surface area contributed by atoms with Gasteiger partial charge in [0, 0.05) is 13.0 Å². The summed E-state index contributed by atoms with van der Waals surface area (Å²) >= 11 is 0. The minimum Gasteiger partial charge on any atom is -0.397 e. The highest BCUT2D eigenvalue weighted by Crippen LogP contribution is 2.17. The average Bonchev–Trinajstić information content (AvgIpc) is 2.66. The molecule has 0 aromatic carbocycles. The van der Waals surface area contributed by atoms with Crippen molar-refractivity contribution in [3.05, 3.63) is 17.8 Å². The summed E-state index contributed by atoms with van der Waals surface area (Å²) in [5.74, 6) is -0.281. The molecule has 1 atom stereocenters. The van der Waals surface area contributed by atoms with Crippen LogP contribution in [-0.2, 0) is 4.79 Å². The van der Waals surface area contributed by atoms with Crippen LogP contribution in [-0.4, -0.2) is 29.4 Å². The van der Waals surface area contributed by atoms with Crippen LogP contribution in [0.5, 0.6) is 0 Å². The molecule has 1 fully saturated rings. The van der Waals surface area contributed by atoms with Gasteiger partial charge in [-0.15, -0.1) is 0 Å². The Balaban J connectivity index is 2.20. The normalized spacial score (nSPS) is 18.8. The number of aromatic nitrogens is 1. The van der Waals surface area contributed by atoms with Crippen LogP contribution in [0.2, 0.25) is 0 Å². The average molecular weight is 235 g/mol. The van der Waals surface area contributed by atoms with Gasteiger partial charge < -0.3 is 22.1 Å². The van der Waals surface area contributed by atoms with Gasteiger partial charge in [-0.05, 0) is 6.07 Å². The van der Waals surface area contributed by atoms with Gasteiger partial charge in [-0.25, -0.2) is 4.98 Å². The summed E-state index contributed by atoms with van der Waals surface area (Å²) in [6.07, 6.45) is 1.78. The predicted molar refractivity (Wildman–Crippen MR) is 62.2 cm³/mol. The first-order valence-corrected chi connectivity index (χ1v) is 5.15. The van der Waals surface area contributed by atoms with E-state index in [1.54, 1.807) is 0 Å². The standard InChI is InChI=1S/C10H13N5O2/c11-5-1-7(9(12)17)10(14-3-5)15-6-2-8(16)13-4-6/h1,3,6H,2,4,11H2,(H2,12,17)(H,13,16)(H,14,15). The molecule has 6 N–H and O–H groups in total. The van der Waals surface area contributed by atoms with E-state index in [1.165, 1.54) is 12.3 Å². The van der Waals surface area contributed by atoms with Crippen LogP contribution in [0.25, 0.3) is 0 Å². The molecule has 17 heavy (non-hydrogen) atoms. The van der Waals surface area contributed by atoms with E-state index in [1.807, 2.05) is 0 Å². The van der Waals surface area contributed by atoms with Crippen molar-refractivity contribution in [3.63, 3.8) is 0 Å². The summed E-state index contributed by atoms with van der Waals surface area (Å²) in [6, 6.07) is 1.37. The molecule has 2 rings (SSSR count). The second kappa shape index (κ2) is 4.28. The number of rotatable bonds is 3. The number of nitrogens with zero attached hydrogens (tertiary/aromatic N) is 1. The molecule has 90 valence electrons. The zero-order chi connectivity index (χ0) is 12.4. The molecule has 1 saturated heterocycles. The Bertz CT molecular complexity index is 474. The molecule has 0 radical (unpaired) electrons. The molecule has 1 aliphatic rings. The number of hydrogen-bond donors (Lipinski definition) is 4. The molecule has 0 spiro atoms. The molecule has 7 heteroatoms. The first kappa shape index (κ1) is 11.2. The zero-order valence-electron chi connectivity index (χ0n) is 9.06. The van der Waals surface area contributed by atoms with Gasteiger partial charge in [0.05, 0.1) is 23.5 Å². The van der Waals surface area contributed by atoms with E-state index in [0.717, 1.165) is 0 Å². The van der Waals surface area contributed by atoms with Crippen molar-refractivity contribution in [2.75, 3.05) is 17.6 Å². The zero-order valence-corrected chi connectivity index (χ0v) is 9.06. The van der Waals surface area contributed by atoms with Crippen molar-refractivity contribution in [2.24, 2.45) is 5.73 Å². The number of carbonyl (C=O) groups is 2. The molecule has 1 unspecified atom stereocenters. The van der Waals surface area contributed by atoms with E-state index >= 15 is 0 Å². The molecular formula is C10H13N5O2. The molecule has 0 bridgehead atoms. The number of anilines is 2. The summed E-state index contributed by atoms with van der Waals surface area (Å²) in [5, 5.41) is 5.68. The first-order valence-electron chi connectivity index (χ1n) is 5.15. The number of nitrogens with one attached hydrogen (secondary N) is 2. The third-order valence-corrected chi connectivity index (χ3v) is 2.49. The van der Waals surface area contributed by atoms with Gasteiger partial charge in [0.15, 0.2) is 0 Å². The third kappa shape index (κ3) is 2.44. The van der Waals surface area contributed by atoms with E-state index in [4.69, 9.17) is 11.5 Å². The van der Waals surface area contributed by atoms with Gasteiger partial charge in [0.25, 0.3) is 5.91 Å². The quantitative estimate of drug-likeness (QED) is 0.538. The van der Waals surface area contributed by atoms with E-state index in [-0.39, 0.29) is 17.5 Å². The summed E-state index contributed by atoms with van der Waals surface area (Å²) in [4.78, 5) is 26.3.